The van der Waals surface area contributed by atoms with Crippen LogP contribution < -0.4 is 5.32 Å². The van der Waals surface area contributed by atoms with Crippen LogP contribution in [0.3, 0.4) is 0 Å². The number of sulfone groups is 1. The van der Waals surface area contributed by atoms with Crippen LogP contribution in [-0.4, -0.2) is 35.7 Å². The van der Waals surface area contributed by atoms with Gasteiger partial charge in [0.2, 0.25) is 0 Å². The average molecular weight is 307 g/mol. The summed E-state index contributed by atoms with van der Waals surface area (Å²) in [6, 6.07) is 0.421. The number of halogens is 2. The van der Waals surface area contributed by atoms with Gasteiger partial charge in [0.1, 0.15) is 5.69 Å². The van der Waals surface area contributed by atoms with Crippen LogP contribution in [0, 0.1) is 0 Å². The summed E-state index contributed by atoms with van der Waals surface area (Å²) in [5.41, 5.74) is 0.269. The Hall–Kier alpha value is -1.02. The molecule has 0 amide bonds. The molecule has 0 unspecified atom stereocenters. The Morgan fingerprint density at radius 3 is 2.75 bits per heavy atom. The molecule has 8 heteroatoms. The Bertz CT molecular complexity index is 553. The van der Waals surface area contributed by atoms with Crippen LogP contribution in [-0.2, 0) is 22.9 Å². The van der Waals surface area contributed by atoms with Crippen molar-refractivity contribution in [3.05, 3.63) is 17.5 Å². The van der Waals surface area contributed by atoms with Crippen molar-refractivity contribution in [1.29, 1.82) is 0 Å². The van der Waals surface area contributed by atoms with Gasteiger partial charge in [0.05, 0.1) is 18.5 Å². The first-order valence-electron chi connectivity index (χ1n) is 6.69. The molecule has 1 heterocycles. The molecule has 1 aromatic rings. The van der Waals surface area contributed by atoms with Gasteiger partial charge < -0.3 is 5.32 Å². The first-order valence-corrected chi connectivity index (χ1v) is 8.51. The zero-order valence-corrected chi connectivity index (χ0v) is 12.2. The predicted molar refractivity (Wildman–Crippen MR) is 71.4 cm³/mol. The number of aryl methyl sites for hydroxylation is 1. The molecule has 0 atom stereocenters. The van der Waals surface area contributed by atoms with Gasteiger partial charge in [0.15, 0.2) is 9.84 Å². The van der Waals surface area contributed by atoms with Crippen molar-refractivity contribution in [2.24, 2.45) is 0 Å². The van der Waals surface area contributed by atoms with Gasteiger partial charge in [-0.1, -0.05) is 6.92 Å². The second-order valence-electron chi connectivity index (χ2n) is 4.97. The van der Waals surface area contributed by atoms with Crippen LogP contribution in [0.5, 0.6) is 0 Å². The largest absolute Gasteiger partial charge is 0.310 e. The van der Waals surface area contributed by atoms with E-state index >= 15 is 0 Å². The Kier molecular flexibility index (Phi) is 4.74. The Labute approximate surface area is 117 Å². The lowest BCUT2D eigenvalue weighted by Crippen LogP contribution is -2.19. The number of alkyl halides is 2. The van der Waals surface area contributed by atoms with Crippen LogP contribution in [0.1, 0.15) is 37.4 Å². The number of nitrogens with zero attached hydrogens (tertiary/aromatic N) is 2. The van der Waals surface area contributed by atoms with Gasteiger partial charge in [-0.25, -0.2) is 17.2 Å². The highest BCUT2D eigenvalue weighted by Gasteiger charge is 2.24. The molecular formula is C12H19F2N3O2S. The molecule has 0 saturated heterocycles. The normalized spacial score (nSPS) is 16.0. The van der Waals surface area contributed by atoms with Crippen molar-refractivity contribution in [2.75, 3.05) is 11.5 Å². The molecule has 1 N–H and O–H groups in total. The second kappa shape index (κ2) is 6.17. The molecular weight excluding hydrogens is 288 g/mol. The maximum absolute atomic E-state index is 13.1. The standard InChI is InChI=1S/C12H19F2N3O2S/c1-2-20(18,19)6-5-17-11(12(13)14)9(8-16-17)7-15-10-3-4-10/h8,10,12,15H,2-7H2,1H3. The minimum absolute atomic E-state index is 0.00831. The summed E-state index contributed by atoms with van der Waals surface area (Å²) in [5, 5.41) is 7.07. The lowest BCUT2D eigenvalue weighted by molar-refractivity contribution is 0.138. The fourth-order valence-electron chi connectivity index (χ4n) is 1.91. The van der Waals surface area contributed by atoms with E-state index < -0.39 is 16.3 Å². The summed E-state index contributed by atoms with van der Waals surface area (Å²) in [6.45, 7) is 1.86. The highest BCUT2D eigenvalue weighted by Crippen LogP contribution is 2.25. The van der Waals surface area contributed by atoms with Gasteiger partial charge in [-0.2, -0.15) is 5.10 Å². The lowest BCUT2D eigenvalue weighted by Gasteiger charge is -2.09. The van der Waals surface area contributed by atoms with Crippen molar-refractivity contribution >= 4 is 9.84 Å². The molecule has 1 aromatic heterocycles. The van der Waals surface area contributed by atoms with Crippen molar-refractivity contribution < 1.29 is 17.2 Å². The van der Waals surface area contributed by atoms with Crippen LogP contribution in [0.4, 0.5) is 8.78 Å². The van der Waals surface area contributed by atoms with Gasteiger partial charge in [0, 0.05) is 23.9 Å². The molecule has 0 spiro atoms. The number of hydrogen-bond donors (Lipinski definition) is 1. The van der Waals surface area contributed by atoms with E-state index in [2.05, 4.69) is 10.4 Å². The van der Waals surface area contributed by atoms with E-state index in [1.807, 2.05) is 0 Å². The molecule has 20 heavy (non-hydrogen) atoms. The highest BCUT2D eigenvalue weighted by atomic mass is 32.2. The van der Waals surface area contributed by atoms with E-state index in [0.717, 1.165) is 17.5 Å². The van der Waals surface area contributed by atoms with Crippen LogP contribution in [0.25, 0.3) is 0 Å². The summed E-state index contributed by atoms with van der Waals surface area (Å²) in [4.78, 5) is 0. The molecule has 1 fully saturated rings. The number of aromatic nitrogens is 2. The zero-order valence-electron chi connectivity index (χ0n) is 11.3. The first kappa shape index (κ1) is 15.4. The number of rotatable bonds is 8. The van der Waals surface area contributed by atoms with Crippen molar-refractivity contribution in [3.8, 4) is 0 Å². The minimum Gasteiger partial charge on any atom is -0.310 e. The molecule has 1 aliphatic carbocycles. The first-order chi connectivity index (χ1) is 9.43. The zero-order chi connectivity index (χ0) is 14.8. The van der Waals surface area contributed by atoms with Gasteiger partial charge >= 0.3 is 0 Å². The van der Waals surface area contributed by atoms with Crippen molar-refractivity contribution in [2.45, 2.75) is 45.3 Å². The quantitative estimate of drug-likeness (QED) is 0.790. The van der Waals surface area contributed by atoms with Crippen LogP contribution in [0.15, 0.2) is 6.20 Å². The molecule has 5 nitrogen and oxygen atoms in total. The molecule has 1 aliphatic rings. The Morgan fingerprint density at radius 1 is 1.50 bits per heavy atom. The fraction of sp³-hybridized carbons (Fsp3) is 0.750. The van der Waals surface area contributed by atoms with Gasteiger partial charge in [-0.15, -0.1) is 0 Å². The molecule has 1 saturated carbocycles. The number of nitrogens with one attached hydrogen (secondary N) is 1. The van der Waals surface area contributed by atoms with Gasteiger partial charge in [0.25, 0.3) is 6.43 Å². The third kappa shape index (κ3) is 3.99. The van der Waals surface area contributed by atoms with Crippen molar-refractivity contribution in [1.82, 2.24) is 15.1 Å². The minimum atomic E-state index is -3.19. The van der Waals surface area contributed by atoms with E-state index in [9.17, 15) is 17.2 Å². The monoisotopic (exact) mass is 307 g/mol. The van der Waals surface area contributed by atoms with Gasteiger partial charge in [-0.05, 0) is 12.8 Å². The van der Waals surface area contributed by atoms with E-state index in [1.54, 1.807) is 0 Å². The van der Waals surface area contributed by atoms with Crippen LogP contribution >= 0.6 is 0 Å². The van der Waals surface area contributed by atoms with Crippen molar-refractivity contribution in [3.63, 3.8) is 0 Å². The molecule has 2 rings (SSSR count). The molecule has 114 valence electrons. The Balaban J connectivity index is 2.07. The van der Waals surface area contributed by atoms with E-state index in [4.69, 9.17) is 0 Å². The molecule has 0 bridgehead atoms. The van der Waals surface area contributed by atoms with E-state index in [-0.39, 0.29) is 23.7 Å². The molecule has 0 aromatic carbocycles. The number of hydrogen-bond acceptors (Lipinski definition) is 4. The summed E-state index contributed by atoms with van der Waals surface area (Å²) in [5.74, 6) is -0.158. The second-order valence-corrected chi connectivity index (χ2v) is 7.44. The summed E-state index contributed by atoms with van der Waals surface area (Å²) >= 11 is 0. The third-order valence-corrected chi connectivity index (χ3v) is 5.06. The fourth-order valence-corrected chi connectivity index (χ4v) is 2.65. The smallest absolute Gasteiger partial charge is 0.280 e. The van der Waals surface area contributed by atoms with E-state index in [0.29, 0.717) is 18.2 Å². The van der Waals surface area contributed by atoms with Gasteiger partial charge in [-0.3, -0.25) is 4.68 Å². The topological polar surface area (TPSA) is 64.0 Å². The summed E-state index contributed by atoms with van der Waals surface area (Å²) in [7, 11) is -3.19. The molecule has 0 aliphatic heterocycles. The Morgan fingerprint density at radius 2 is 2.20 bits per heavy atom. The average Bonchev–Trinajstić information content (AvgIpc) is 3.13. The SMILES string of the molecule is CCS(=O)(=O)CCn1ncc(CNC2CC2)c1C(F)F. The van der Waals surface area contributed by atoms with Crippen LogP contribution in [0.2, 0.25) is 0 Å². The highest BCUT2D eigenvalue weighted by molar-refractivity contribution is 7.91. The maximum Gasteiger partial charge on any atom is 0.280 e. The van der Waals surface area contributed by atoms with E-state index in [1.165, 1.54) is 13.1 Å². The maximum atomic E-state index is 13.1. The predicted octanol–water partition coefficient (Wildman–Crippen LogP) is 1.51. The lowest BCUT2D eigenvalue weighted by atomic mass is 10.2. The summed E-state index contributed by atoms with van der Waals surface area (Å²) in [6.07, 6.45) is 0.896. The molecule has 0 radical (unpaired) electrons. The summed E-state index contributed by atoms with van der Waals surface area (Å²) < 4.78 is 50.2. The third-order valence-electron chi connectivity index (χ3n) is 3.38.